The van der Waals surface area contributed by atoms with Crippen molar-refractivity contribution in [2.45, 2.75) is 51.4 Å². The van der Waals surface area contributed by atoms with Gasteiger partial charge in [-0.3, -0.25) is 4.79 Å². The summed E-state index contributed by atoms with van der Waals surface area (Å²) in [5, 5.41) is 11.9. The zero-order chi connectivity index (χ0) is 22.1. The molecular formula is C22H25BFNO5. The van der Waals surface area contributed by atoms with Crippen LogP contribution in [0.15, 0.2) is 48.5 Å². The summed E-state index contributed by atoms with van der Waals surface area (Å²) in [5.74, 6) is -2.38. The molecule has 30 heavy (non-hydrogen) atoms. The highest BCUT2D eigenvalue weighted by Gasteiger charge is 2.51. The first-order chi connectivity index (χ1) is 14.0. The first-order valence-electron chi connectivity index (χ1n) is 9.72. The van der Waals surface area contributed by atoms with Crippen molar-refractivity contribution in [3.8, 4) is 0 Å². The summed E-state index contributed by atoms with van der Waals surface area (Å²) in [4.78, 5) is 23.9. The molecule has 1 amide bonds. The van der Waals surface area contributed by atoms with Crippen LogP contribution in [0.3, 0.4) is 0 Å². The molecule has 1 aliphatic heterocycles. The lowest BCUT2D eigenvalue weighted by molar-refractivity contribution is -0.139. The van der Waals surface area contributed by atoms with Crippen LogP contribution >= 0.6 is 0 Å². The number of halogens is 1. The fourth-order valence-electron chi connectivity index (χ4n) is 3.10. The van der Waals surface area contributed by atoms with Gasteiger partial charge in [-0.25, -0.2) is 9.18 Å². The van der Waals surface area contributed by atoms with E-state index >= 15 is 0 Å². The number of aliphatic carboxylic acids is 1. The number of carbonyl (C=O) groups is 2. The summed E-state index contributed by atoms with van der Waals surface area (Å²) in [6.45, 7) is 7.89. The number of hydrogen-bond acceptors (Lipinski definition) is 4. The lowest BCUT2D eigenvalue weighted by atomic mass is 9.78. The summed E-state index contributed by atoms with van der Waals surface area (Å²) in [5.41, 5.74) is 0.713. The zero-order valence-corrected chi connectivity index (χ0v) is 17.4. The number of rotatable bonds is 6. The van der Waals surface area contributed by atoms with Crippen LogP contribution in [0, 0.1) is 5.82 Å². The minimum Gasteiger partial charge on any atom is -0.480 e. The molecule has 1 saturated heterocycles. The molecule has 2 aromatic rings. The number of nitrogens with one attached hydrogen (secondary N) is 1. The van der Waals surface area contributed by atoms with E-state index in [1.165, 1.54) is 18.2 Å². The monoisotopic (exact) mass is 413 g/mol. The van der Waals surface area contributed by atoms with Crippen molar-refractivity contribution in [3.05, 3.63) is 65.5 Å². The molecular weight excluding hydrogens is 388 g/mol. The molecule has 6 nitrogen and oxygen atoms in total. The molecule has 1 fully saturated rings. The Balaban J connectivity index is 1.68. The van der Waals surface area contributed by atoms with Gasteiger partial charge in [0.1, 0.15) is 11.9 Å². The molecule has 0 aliphatic carbocycles. The van der Waals surface area contributed by atoms with E-state index in [2.05, 4.69) is 5.32 Å². The van der Waals surface area contributed by atoms with E-state index in [9.17, 15) is 19.1 Å². The first kappa shape index (κ1) is 22.0. The van der Waals surface area contributed by atoms with E-state index in [1.807, 2.05) is 39.8 Å². The molecule has 0 spiro atoms. The van der Waals surface area contributed by atoms with Crippen molar-refractivity contribution in [3.63, 3.8) is 0 Å². The van der Waals surface area contributed by atoms with Crippen LogP contribution in [0.25, 0.3) is 0 Å². The molecule has 0 saturated carbocycles. The van der Waals surface area contributed by atoms with Crippen LogP contribution in [0.4, 0.5) is 4.39 Å². The minimum atomic E-state index is -1.17. The van der Waals surface area contributed by atoms with E-state index in [4.69, 9.17) is 9.31 Å². The Morgan fingerprint density at radius 3 is 2.20 bits per heavy atom. The van der Waals surface area contributed by atoms with E-state index in [1.54, 1.807) is 12.1 Å². The number of hydrogen-bond donors (Lipinski definition) is 2. The van der Waals surface area contributed by atoms with Crippen LogP contribution < -0.4 is 10.8 Å². The van der Waals surface area contributed by atoms with Crippen molar-refractivity contribution in [2.75, 3.05) is 0 Å². The third kappa shape index (κ3) is 4.71. The van der Waals surface area contributed by atoms with Gasteiger partial charge in [0.05, 0.1) is 11.2 Å². The van der Waals surface area contributed by atoms with Gasteiger partial charge in [0.25, 0.3) is 5.91 Å². The Kier molecular flexibility index (Phi) is 6.01. The molecule has 0 aromatic heterocycles. The topological polar surface area (TPSA) is 84.9 Å². The molecule has 0 bridgehead atoms. The van der Waals surface area contributed by atoms with Crippen LogP contribution in [0.2, 0.25) is 0 Å². The molecule has 2 N–H and O–H groups in total. The van der Waals surface area contributed by atoms with Gasteiger partial charge in [0, 0.05) is 12.0 Å². The van der Waals surface area contributed by atoms with Crippen LogP contribution in [-0.4, -0.2) is 41.3 Å². The Bertz CT molecular complexity index is 929. The van der Waals surface area contributed by atoms with Gasteiger partial charge in [0.15, 0.2) is 0 Å². The molecule has 1 atom stereocenters. The summed E-state index contributed by atoms with van der Waals surface area (Å²) < 4.78 is 25.3. The minimum absolute atomic E-state index is 0.0670. The fourth-order valence-corrected chi connectivity index (χ4v) is 3.10. The summed E-state index contributed by atoms with van der Waals surface area (Å²) in [6, 6.07) is 11.2. The smallest absolute Gasteiger partial charge is 0.480 e. The third-order valence-corrected chi connectivity index (χ3v) is 5.64. The molecule has 3 rings (SSSR count). The highest BCUT2D eigenvalue weighted by molar-refractivity contribution is 6.62. The molecule has 158 valence electrons. The molecule has 1 aliphatic rings. The van der Waals surface area contributed by atoms with Crippen molar-refractivity contribution in [2.24, 2.45) is 0 Å². The number of benzene rings is 2. The third-order valence-electron chi connectivity index (χ3n) is 5.64. The van der Waals surface area contributed by atoms with Crippen LogP contribution in [-0.2, 0) is 20.5 Å². The Morgan fingerprint density at radius 2 is 1.67 bits per heavy atom. The van der Waals surface area contributed by atoms with Crippen molar-refractivity contribution >= 4 is 24.5 Å². The molecule has 0 radical (unpaired) electrons. The second-order valence-corrected chi connectivity index (χ2v) is 8.41. The second-order valence-electron chi connectivity index (χ2n) is 8.41. The van der Waals surface area contributed by atoms with Gasteiger partial charge in [-0.05, 0) is 56.9 Å². The van der Waals surface area contributed by atoms with Gasteiger partial charge >= 0.3 is 13.1 Å². The van der Waals surface area contributed by atoms with Gasteiger partial charge in [0.2, 0.25) is 0 Å². The Morgan fingerprint density at radius 1 is 1.07 bits per heavy atom. The zero-order valence-electron chi connectivity index (χ0n) is 17.4. The standard InChI is InChI=1S/C22H25BFNO5/c1-21(2)22(3,4)30-23(29-21)16-10-8-14(9-11-16)12-18(20(27)28)25-19(26)15-6-5-7-17(24)13-15/h5-11,13,18H,12H2,1-4H3,(H,25,26)(H,27,28)/t18-/m1/s1. The Hall–Kier alpha value is -2.71. The molecule has 8 heteroatoms. The maximum atomic E-state index is 13.3. The fraction of sp³-hybridized carbons (Fsp3) is 0.364. The summed E-state index contributed by atoms with van der Waals surface area (Å²) in [7, 11) is -0.507. The van der Waals surface area contributed by atoms with Gasteiger partial charge in [-0.15, -0.1) is 0 Å². The van der Waals surface area contributed by atoms with Gasteiger partial charge in [-0.2, -0.15) is 0 Å². The van der Waals surface area contributed by atoms with Gasteiger partial charge in [-0.1, -0.05) is 30.3 Å². The predicted molar refractivity (Wildman–Crippen MR) is 111 cm³/mol. The largest absolute Gasteiger partial charge is 0.494 e. The highest BCUT2D eigenvalue weighted by Crippen LogP contribution is 2.36. The Labute approximate surface area is 175 Å². The van der Waals surface area contributed by atoms with E-state index in [0.29, 0.717) is 0 Å². The SMILES string of the molecule is CC1(C)OB(c2ccc(C[C@@H](NC(=O)c3cccc(F)c3)C(=O)O)cc2)OC1(C)C. The maximum Gasteiger partial charge on any atom is 0.494 e. The average Bonchev–Trinajstić information content (AvgIpc) is 2.89. The molecule has 0 unspecified atom stereocenters. The molecule has 1 heterocycles. The normalized spacial score (nSPS) is 18.1. The first-order valence-corrected chi connectivity index (χ1v) is 9.72. The second kappa shape index (κ2) is 8.20. The highest BCUT2D eigenvalue weighted by atomic mass is 19.1. The average molecular weight is 413 g/mol. The van der Waals surface area contributed by atoms with Crippen LogP contribution in [0.1, 0.15) is 43.6 Å². The van der Waals surface area contributed by atoms with Gasteiger partial charge < -0.3 is 19.7 Å². The molecule has 2 aromatic carbocycles. The van der Waals surface area contributed by atoms with Crippen molar-refractivity contribution < 1.29 is 28.4 Å². The number of carboxylic acid groups (broad SMARTS) is 1. The van der Waals surface area contributed by atoms with E-state index in [0.717, 1.165) is 17.1 Å². The lowest BCUT2D eigenvalue weighted by Crippen LogP contribution is -2.42. The summed E-state index contributed by atoms with van der Waals surface area (Å²) >= 11 is 0. The van der Waals surface area contributed by atoms with E-state index < -0.39 is 42.1 Å². The lowest BCUT2D eigenvalue weighted by Gasteiger charge is -2.32. The van der Waals surface area contributed by atoms with Crippen molar-refractivity contribution in [1.82, 2.24) is 5.32 Å². The van der Waals surface area contributed by atoms with Crippen LogP contribution in [0.5, 0.6) is 0 Å². The number of carbonyl (C=O) groups excluding carboxylic acids is 1. The number of amides is 1. The predicted octanol–water partition coefficient (Wildman–Crippen LogP) is 2.55. The number of carboxylic acids is 1. The van der Waals surface area contributed by atoms with Crippen molar-refractivity contribution in [1.29, 1.82) is 0 Å². The summed E-state index contributed by atoms with van der Waals surface area (Å²) in [6.07, 6.45) is 0.0834. The maximum absolute atomic E-state index is 13.3. The quantitative estimate of drug-likeness (QED) is 0.712. The van der Waals surface area contributed by atoms with E-state index in [-0.39, 0.29) is 12.0 Å².